The zero-order valence-electron chi connectivity index (χ0n) is 9.48. The third-order valence-electron chi connectivity index (χ3n) is 2.45. The molecule has 3 heteroatoms. The second-order valence-corrected chi connectivity index (χ2v) is 5.16. The number of nitrogens with one attached hydrogen (secondary N) is 1. The number of rotatable bonds is 7. The Hall–Kier alpha value is -0.0500. The van der Waals surface area contributed by atoms with Gasteiger partial charge in [-0.3, -0.25) is 4.79 Å². The zero-order valence-corrected chi connectivity index (χ0v) is 11.1. The Morgan fingerprint density at radius 2 is 2.00 bits per heavy atom. The highest BCUT2D eigenvalue weighted by Gasteiger charge is 2.07. The van der Waals surface area contributed by atoms with Crippen molar-refractivity contribution in [1.29, 1.82) is 0 Å². The van der Waals surface area contributed by atoms with Crippen LogP contribution in [0.15, 0.2) is 0 Å². The smallest absolute Gasteiger partial charge is 0.220 e. The molecular formula is C11H22BrNO. The van der Waals surface area contributed by atoms with Crippen LogP contribution in [0.25, 0.3) is 0 Å². The predicted molar refractivity (Wildman–Crippen MR) is 64.7 cm³/mol. The third-order valence-corrected chi connectivity index (χ3v) is 3.56. The molecule has 2 nitrogen and oxygen atoms in total. The molecule has 84 valence electrons. The van der Waals surface area contributed by atoms with Gasteiger partial charge in [0.2, 0.25) is 5.91 Å². The van der Waals surface area contributed by atoms with Crippen LogP contribution in [-0.2, 0) is 4.79 Å². The number of carbonyl (C=O) groups excluding carboxylic acids is 1. The van der Waals surface area contributed by atoms with Gasteiger partial charge in [-0.2, -0.15) is 0 Å². The van der Waals surface area contributed by atoms with Gasteiger partial charge in [-0.15, -0.1) is 0 Å². The Morgan fingerprint density at radius 1 is 1.36 bits per heavy atom. The van der Waals surface area contributed by atoms with Gasteiger partial charge in [-0.1, -0.05) is 43.1 Å². The molecule has 2 atom stereocenters. The number of hydrogen-bond acceptors (Lipinski definition) is 1. The van der Waals surface area contributed by atoms with E-state index in [0.29, 0.717) is 17.2 Å². The van der Waals surface area contributed by atoms with Crippen LogP contribution in [0.1, 0.15) is 46.5 Å². The molecule has 1 N–H and O–H groups in total. The summed E-state index contributed by atoms with van der Waals surface area (Å²) in [4.78, 5) is 11.9. The van der Waals surface area contributed by atoms with Gasteiger partial charge in [-0.25, -0.2) is 0 Å². The van der Waals surface area contributed by atoms with E-state index in [-0.39, 0.29) is 5.91 Å². The predicted octanol–water partition coefficient (Wildman–Crippen LogP) is 3.10. The highest BCUT2D eigenvalue weighted by Crippen LogP contribution is 2.08. The maximum absolute atomic E-state index is 11.4. The molecule has 0 radical (unpaired) electrons. The van der Waals surface area contributed by atoms with Crippen molar-refractivity contribution in [3.05, 3.63) is 0 Å². The van der Waals surface area contributed by atoms with E-state index in [1.54, 1.807) is 0 Å². The van der Waals surface area contributed by atoms with Crippen molar-refractivity contribution in [2.24, 2.45) is 5.92 Å². The second kappa shape index (κ2) is 8.27. The van der Waals surface area contributed by atoms with Crippen LogP contribution in [0.2, 0.25) is 0 Å². The van der Waals surface area contributed by atoms with Gasteiger partial charge in [0, 0.05) is 17.8 Å². The largest absolute Gasteiger partial charge is 0.356 e. The molecule has 14 heavy (non-hydrogen) atoms. The maximum atomic E-state index is 11.4. The summed E-state index contributed by atoms with van der Waals surface area (Å²) in [5.41, 5.74) is 0. The number of alkyl halides is 1. The van der Waals surface area contributed by atoms with Gasteiger partial charge >= 0.3 is 0 Å². The molecule has 0 fully saturated rings. The van der Waals surface area contributed by atoms with E-state index in [2.05, 4.69) is 42.0 Å². The molecule has 1 amide bonds. The van der Waals surface area contributed by atoms with E-state index in [0.717, 1.165) is 25.8 Å². The molecule has 0 rings (SSSR count). The number of hydrogen-bond donors (Lipinski definition) is 1. The van der Waals surface area contributed by atoms with Crippen LogP contribution in [-0.4, -0.2) is 17.3 Å². The van der Waals surface area contributed by atoms with Crippen LogP contribution in [0.5, 0.6) is 0 Å². The average molecular weight is 264 g/mol. The minimum absolute atomic E-state index is 0.190. The molecule has 0 saturated heterocycles. The summed E-state index contributed by atoms with van der Waals surface area (Å²) in [6.45, 7) is 7.15. The summed E-state index contributed by atoms with van der Waals surface area (Å²) in [5.74, 6) is 0.691. The van der Waals surface area contributed by atoms with Crippen LogP contribution in [0.4, 0.5) is 0 Å². The van der Waals surface area contributed by atoms with Gasteiger partial charge in [0.05, 0.1) is 0 Å². The topological polar surface area (TPSA) is 29.1 Å². The maximum Gasteiger partial charge on any atom is 0.220 e. The molecule has 0 aliphatic carbocycles. The Labute approximate surface area is 96.0 Å². The summed E-state index contributed by atoms with van der Waals surface area (Å²) >= 11 is 3.54. The lowest BCUT2D eigenvalue weighted by atomic mass is 10.1. The normalized spacial score (nSPS) is 14.9. The fraction of sp³-hybridized carbons (Fsp3) is 0.909. The first-order valence-corrected chi connectivity index (χ1v) is 6.42. The monoisotopic (exact) mass is 263 g/mol. The van der Waals surface area contributed by atoms with E-state index >= 15 is 0 Å². The van der Waals surface area contributed by atoms with Gasteiger partial charge in [0.1, 0.15) is 0 Å². The minimum Gasteiger partial charge on any atom is -0.356 e. The van der Waals surface area contributed by atoms with E-state index in [1.165, 1.54) is 0 Å². The van der Waals surface area contributed by atoms with E-state index in [1.807, 2.05) is 0 Å². The van der Waals surface area contributed by atoms with Gasteiger partial charge in [-0.05, 0) is 18.8 Å². The van der Waals surface area contributed by atoms with Crippen molar-refractivity contribution < 1.29 is 4.79 Å². The van der Waals surface area contributed by atoms with E-state index < -0.39 is 0 Å². The van der Waals surface area contributed by atoms with Crippen molar-refractivity contribution in [2.75, 3.05) is 6.54 Å². The van der Waals surface area contributed by atoms with Crippen molar-refractivity contribution in [3.8, 4) is 0 Å². The number of halogens is 1. The lowest BCUT2D eigenvalue weighted by Crippen LogP contribution is -2.27. The first-order valence-electron chi connectivity index (χ1n) is 5.50. The Kier molecular flexibility index (Phi) is 8.24. The first-order chi connectivity index (χ1) is 6.60. The molecule has 0 aromatic rings. The summed E-state index contributed by atoms with van der Waals surface area (Å²) in [5, 5.41) is 2.94. The third kappa shape index (κ3) is 7.36. The number of carbonyl (C=O) groups is 1. The van der Waals surface area contributed by atoms with Crippen LogP contribution in [0.3, 0.4) is 0 Å². The molecular weight excluding hydrogens is 242 g/mol. The fourth-order valence-corrected chi connectivity index (χ4v) is 1.33. The number of amides is 1. The Bertz CT molecular complexity index is 161. The van der Waals surface area contributed by atoms with E-state index in [9.17, 15) is 4.79 Å². The van der Waals surface area contributed by atoms with Crippen LogP contribution >= 0.6 is 15.9 Å². The molecule has 0 saturated carbocycles. The lowest BCUT2D eigenvalue weighted by molar-refractivity contribution is -0.121. The van der Waals surface area contributed by atoms with Gasteiger partial charge < -0.3 is 5.32 Å². The van der Waals surface area contributed by atoms with Gasteiger partial charge in [0.25, 0.3) is 0 Å². The standard InChI is InChI=1S/C11H22BrNO/c1-4-9(3)8-11(14)13-7-6-10(12)5-2/h9-10H,4-8H2,1-3H3,(H,13,14). The summed E-state index contributed by atoms with van der Waals surface area (Å²) in [6.07, 6.45) is 3.86. The molecule has 0 heterocycles. The molecule has 0 aliphatic heterocycles. The molecule has 0 aromatic heterocycles. The molecule has 0 aromatic carbocycles. The molecule has 0 spiro atoms. The summed E-state index contributed by atoms with van der Waals surface area (Å²) in [6, 6.07) is 0. The molecule has 0 bridgehead atoms. The quantitative estimate of drug-likeness (QED) is 0.703. The average Bonchev–Trinajstić information content (AvgIpc) is 2.17. The highest BCUT2D eigenvalue weighted by atomic mass is 79.9. The summed E-state index contributed by atoms with van der Waals surface area (Å²) in [7, 11) is 0. The second-order valence-electron chi connectivity index (χ2n) is 3.86. The zero-order chi connectivity index (χ0) is 11.0. The first kappa shape index (κ1) is 13.9. The molecule has 0 aliphatic rings. The van der Waals surface area contributed by atoms with Crippen molar-refractivity contribution in [1.82, 2.24) is 5.32 Å². The molecule has 2 unspecified atom stereocenters. The fourth-order valence-electron chi connectivity index (χ4n) is 1.11. The lowest BCUT2D eigenvalue weighted by Gasteiger charge is -2.10. The van der Waals surface area contributed by atoms with Crippen LogP contribution in [0, 0.1) is 5.92 Å². The Balaban J connectivity index is 3.44. The van der Waals surface area contributed by atoms with Crippen LogP contribution < -0.4 is 5.32 Å². The van der Waals surface area contributed by atoms with E-state index in [4.69, 9.17) is 0 Å². The minimum atomic E-state index is 0.190. The van der Waals surface area contributed by atoms with Crippen molar-refractivity contribution in [3.63, 3.8) is 0 Å². The van der Waals surface area contributed by atoms with Crippen molar-refractivity contribution in [2.45, 2.75) is 51.3 Å². The summed E-state index contributed by atoms with van der Waals surface area (Å²) < 4.78 is 0. The highest BCUT2D eigenvalue weighted by molar-refractivity contribution is 9.09. The SMILES string of the molecule is CCC(C)CC(=O)NCCC(Br)CC. The van der Waals surface area contributed by atoms with Gasteiger partial charge in [0.15, 0.2) is 0 Å². The Morgan fingerprint density at radius 3 is 2.50 bits per heavy atom. The van der Waals surface area contributed by atoms with Crippen molar-refractivity contribution >= 4 is 21.8 Å².